The first kappa shape index (κ1) is 17.0. The Kier molecular flexibility index (Phi) is 4.43. The van der Waals surface area contributed by atoms with Gasteiger partial charge in [-0.1, -0.05) is 30.4 Å². The van der Waals surface area contributed by atoms with Crippen LogP contribution in [-0.2, 0) is 6.54 Å². The minimum Gasteiger partial charge on any atom is -0.389 e. The lowest BCUT2D eigenvalue weighted by Crippen LogP contribution is -2.11. The molecule has 1 atom stereocenters. The number of nitrogens with two attached hydrogens (primary N) is 1. The number of aliphatic hydroxyl groups is 1. The number of amides is 1. The van der Waals surface area contributed by atoms with Crippen LogP contribution < -0.4 is 11.1 Å². The van der Waals surface area contributed by atoms with E-state index in [-0.39, 0.29) is 0 Å². The highest BCUT2D eigenvalue weighted by molar-refractivity contribution is 5.92. The Bertz CT molecular complexity index is 1050. The van der Waals surface area contributed by atoms with E-state index in [0.29, 0.717) is 24.3 Å². The van der Waals surface area contributed by atoms with Gasteiger partial charge in [0.1, 0.15) is 0 Å². The molecule has 0 saturated heterocycles. The van der Waals surface area contributed by atoms with Gasteiger partial charge >= 0.3 is 0 Å². The van der Waals surface area contributed by atoms with Crippen molar-refractivity contribution in [3.8, 4) is 0 Å². The first-order chi connectivity index (χ1) is 13.1. The fraction of sp³-hybridized carbons (Fsp3) is 0.150. The van der Waals surface area contributed by atoms with Gasteiger partial charge in [0.2, 0.25) is 5.91 Å². The van der Waals surface area contributed by atoms with Crippen molar-refractivity contribution in [2.45, 2.75) is 19.1 Å². The maximum Gasteiger partial charge on any atom is 0.248 e. The van der Waals surface area contributed by atoms with E-state index in [0.717, 1.165) is 22.5 Å². The quantitative estimate of drug-likeness (QED) is 0.646. The molecule has 0 fully saturated rings. The third kappa shape index (κ3) is 3.45. The van der Waals surface area contributed by atoms with Gasteiger partial charge in [0, 0.05) is 24.5 Å². The molecule has 0 saturated carbocycles. The Morgan fingerprint density at radius 2 is 2.11 bits per heavy atom. The number of imidazole rings is 1. The van der Waals surface area contributed by atoms with E-state index < -0.39 is 12.0 Å². The molecule has 0 spiro atoms. The van der Waals surface area contributed by atoms with Crippen molar-refractivity contribution in [1.82, 2.24) is 14.4 Å². The number of nitrogens with one attached hydrogen (secondary N) is 1. The second-order valence-corrected chi connectivity index (χ2v) is 6.35. The number of hydrogen-bond acceptors (Lipinski definition) is 5. The maximum atomic E-state index is 11.2. The molecule has 7 heteroatoms. The van der Waals surface area contributed by atoms with E-state index >= 15 is 0 Å². The molecule has 136 valence electrons. The van der Waals surface area contributed by atoms with Gasteiger partial charge in [-0.2, -0.15) is 0 Å². The summed E-state index contributed by atoms with van der Waals surface area (Å²) in [5.41, 5.74) is 9.44. The number of hydrogen-bond donors (Lipinski definition) is 3. The van der Waals surface area contributed by atoms with Crippen molar-refractivity contribution in [3.63, 3.8) is 0 Å². The summed E-state index contributed by atoms with van der Waals surface area (Å²) in [6, 6.07) is 7.12. The van der Waals surface area contributed by atoms with Gasteiger partial charge in [-0.25, -0.2) is 9.97 Å². The Balaban J connectivity index is 1.56. The SMILES string of the molecule is NC(=O)c1ccc(CNc2nccn3c(C4=CCC(O)C=C4)cnc23)cc1. The van der Waals surface area contributed by atoms with E-state index in [9.17, 15) is 9.90 Å². The number of fused-ring (bicyclic) bond motifs is 1. The van der Waals surface area contributed by atoms with E-state index in [1.807, 2.05) is 34.9 Å². The number of aromatic nitrogens is 3. The summed E-state index contributed by atoms with van der Waals surface area (Å²) in [5.74, 6) is 0.229. The standard InChI is InChI=1S/C20H19N5O2/c21-18(27)15-3-1-13(2-4-15)11-23-19-20-24-12-17(25(20)10-9-22-19)14-5-7-16(26)8-6-14/h1-7,9-10,12,16,26H,8,11H2,(H2,21,27)(H,22,23). The molecule has 0 aliphatic heterocycles. The lowest BCUT2D eigenvalue weighted by Gasteiger charge is -2.11. The summed E-state index contributed by atoms with van der Waals surface area (Å²) in [4.78, 5) is 20.0. The van der Waals surface area contributed by atoms with E-state index in [4.69, 9.17) is 5.73 Å². The van der Waals surface area contributed by atoms with Crippen LogP contribution in [0.5, 0.6) is 0 Å². The van der Waals surface area contributed by atoms with Gasteiger partial charge in [0.25, 0.3) is 0 Å². The number of carbonyl (C=O) groups excluding carboxylic acids is 1. The predicted octanol–water partition coefficient (Wildman–Crippen LogP) is 2.14. The topological polar surface area (TPSA) is 106 Å². The summed E-state index contributed by atoms with van der Waals surface area (Å²) in [6.45, 7) is 0.544. The molecular weight excluding hydrogens is 342 g/mol. The van der Waals surface area contributed by atoms with E-state index in [2.05, 4.69) is 15.3 Å². The molecule has 4 rings (SSSR count). The Labute approximate surface area is 155 Å². The smallest absolute Gasteiger partial charge is 0.248 e. The molecule has 27 heavy (non-hydrogen) atoms. The molecule has 0 radical (unpaired) electrons. The number of primary amides is 1. The van der Waals surface area contributed by atoms with Crippen molar-refractivity contribution in [2.24, 2.45) is 5.73 Å². The zero-order valence-electron chi connectivity index (χ0n) is 14.5. The Morgan fingerprint density at radius 1 is 1.30 bits per heavy atom. The molecule has 3 aromatic rings. The van der Waals surface area contributed by atoms with Gasteiger partial charge in [-0.15, -0.1) is 0 Å². The first-order valence-electron chi connectivity index (χ1n) is 8.63. The highest BCUT2D eigenvalue weighted by atomic mass is 16.3. The number of benzene rings is 1. The zero-order chi connectivity index (χ0) is 18.8. The molecule has 2 heterocycles. The maximum absolute atomic E-state index is 11.2. The van der Waals surface area contributed by atoms with Crippen LogP contribution in [0.25, 0.3) is 11.2 Å². The van der Waals surface area contributed by atoms with Gasteiger partial charge in [0.05, 0.1) is 18.0 Å². The van der Waals surface area contributed by atoms with Gasteiger partial charge < -0.3 is 16.2 Å². The van der Waals surface area contributed by atoms with Crippen LogP contribution >= 0.6 is 0 Å². The Hall–Kier alpha value is -3.45. The third-order valence-corrected chi connectivity index (χ3v) is 4.50. The van der Waals surface area contributed by atoms with E-state index in [1.165, 1.54) is 0 Å². The van der Waals surface area contributed by atoms with Crippen LogP contribution in [0.3, 0.4) is 0 Å². The van der Waals surface area contributed by atoms with E-state index in [1.54, 1.807) is 30.6 Å². The molecule has 1 amide bonds. The molecule has 4 N–H and O–H groups in total. The number of nitrogens with zero attached hydrogens (tertiary/aromatic N) is 3. The fourth-order valence-electron chi connectivity index (χ4n) is 3.03. The number of anilines is 1. The number of aliphatic hydroxyl groups excluding tert-OH is 1. The van der Waals surface area contributed by atoms with Gasteiger partial charge in [-0.05, 0) is 29.7 Å². The average Bonchev–Trinajstić information content (AvgIpc) is 3.12. The van der Waals surface area contributed by atoms with Gasteiger partial charge in [-0.3, -0.25) is 9.20 Å². The van der Waals surface area contributed by atoms with Crippen LogP contribution in [-0.4, -0.2) is 31.5 Å². The molecule has 0 bridgehead atoms. The molecule has 1 aromatic carbocycles. The Morgan fingerprint density at radius 3 is 2.81 bits per heavy atom. The summed E-state index contributed by atoms with van der Waals surface area (Å²) in [6.07, 6.45) is 11.3. The number of rotatable bonds is 5. The van der Waals surface area contributed by atoms with Crippen LogP contribution in [0.4, 0.5) is 5.82 Å². The number of allylic oxidation sites excluding steroid dienone is 2. The molecule has 1 unspecified atom stereocenters. The van der Waals surface area contributed by atoms with Crippen LogP contribution in [0, 0.1) is 0 Å². The van der Waals surface area contributed by atoms with Gasteiger partial charge in [0.15, 0.2) is 11.5 Å². The normalized spacial score (nSPS) is 16.3. The lowest BCUT2D eigenvalue weighted by atomic mass is 10.0. The van der Waals surface area contributed by atoms with Crippen molar-refractivity contribution >= 4 is 22.9 Å². The number of carbonyl (C=O) groups is 1. The third-order valence-electron chi connectivity index (χ3n) is 4.50. The second kappa shape index (κ2) is 7.05. The monoisotopic (exact) mass is 361 g/mol. The summed E-state index contributed by atoms with van der Waals surface area (Å²) in [5, 5.41) is 12.9. The second-order valence-electron chi connectivity index (χ2n) is 6.35. The molecule has 1 aliphatic carbocycles. The molecular formula is C20H19N5O2. The van der Waals surface area contributed by atoms with Crippen molar-refractivity contribution in [3.05, 3.63) is 77.9 Å². The predicted molar refractivity (Wildman–Crippen MR) is 103 cm³/mol. The summed E-state index contributed by atoms with van der Waals surface area (Å²) in [7, 11) is 0. The highest BCUT2D eigenvalue weighted by Gasteiger charge is 2.13. The summed E-state index contributed by atoms with van der Waals surface area (Å²) >= 11 is 0. The van der Waals surface area contributed by atoms with Crippen molar-refractivity contribution in [2.75, 3.05) is 5.32 Å². The fourth-order valence-corrected chi connectivity index (χ4v) is 3.03. The van der Waals surface area contributed by atoms with Crippen molar-refractivity contribution < 1.29 is 9.90 Å². The van der Waals surface area contributed by atoms with Crippen LogP contribution in [0.1, 0.15) is 28.0 Å². The minimum absolute atomic E-state index is 0.423. The van der Waals surface area contributed by atoms with Crippen LogP contribution in [0.2, 0.25) is 0 Å². The molecule has 1 aliphatic rings. The molecule has 2 aromatic heterocycles. The molecule has 7 nitrogen and oxygen atoms in total. The highest BCUT2D eigenvalue weighted by Crippen LogP contribution is 2.24. The first-order valence-corrected chi connectivity index (χ1v) is 8.63. The minimum atomic E-state index is -0.440. The van der Waals surface area contributed by atoms with Crippen LogP contribution in [0.15, 0.2) is 61.1 Å². The van der Waals surface area contributed by atoms with Crippen molar-refractivity contribution in [1.29, 1.82) is 0 Å². The lowest BCUT2D eigenvalue weighted by molar-refractivity contribution is 0.100. The average molecular weight is 361 g/mol. The summed E-state index contributed by atoms with van der Waals surface area (Å²) < 4.78 is 1.97. The largest absolute Gasteiger partial charge is 0.389 e. The zero-order valence-corrected chi connectivity index (χ0v) is 14.5.